The SMILES string of the molecule is O=C1c2ccc(I)cc2C(=O)N1Cc1cc(Br)ccc1F. The van der Waals surface area contributed by atoms with Crippen molar-refractivity contribution in [2.45, 2.75) is 6.54 Å². The van der Waals surface area contributed by atoms with Crippen molar-refractivity contribution in [2.75, 3.05) is 0 Å². The van der Waals surface area contributed by atoms with Gasteiger partial charge in [0.15, 0.2) is 0 Å². The first kappa shape index (κ1) is 14.6. The molecule has 0 saturated heterocycles. The predicted octanol–water partition coefficient (Wildman–Crippen LogP) is 3.99. The quantitative estimate of drug-likeness (QED) is 0.503. The van der Waals surface area contributed by atoms with Crippen LogP contribution in [0.3, 0.4) is 0 Å². The zero-order valence-electron chi connectivity index (χ0n) is 10.6. The number of imide groups is 1. The summed E-state index contributed by atoms with van der Waals surface area (Å²) in [6, 6.07) is 9.53. The second kappa shape index (κ2) is 5.49. The Hall–Kier alpha value is -1.28. The van der Waals surface area contributed by atoms with Gasteiger partial charge in [0, 0.05) is 13.6 Å². The van der Waals surface area contributed by atoms with Crippen LogP contribution in [0.15, 0.2) is 40.9 Å². The lowest BCUT2D eigenvalue weighted by Gasteiger charge is -2.14. The summed E-state index contributed by atoms with van der Waals surface area (Å²) in [7, 11) is 0. The fourth-order valence-electron chi connectivity index (χ4n) is 2.24. The first-order valence-corrected chi connectivity index (χ1v) is 7.94. The average Bonchev–Trinajstić information content (AvgIpc) is 2.67. The molecular formula is C15H8BrFINO2. The molecule has 2 aromatic carbocycles. The van der Waals surface area contributed by atoms with Crippen molar-refractivity contribution in [3.8, 4) is 0 Å². The van der Waals surface area contributed by atoms with E-state index in [4.69, 9.17) is 0 Å². The maximum absolute atomic E-state index is 13.8. The van der Waals surface area contributed by atoms with E-state index >= 15 is 0 Å². The molecule has 0 spiro atoms. The maximum Gasteiger partial charge on any atom is 0.261 e. The van der Waals surface area contributed by atoms with Crippen molar-refractivity contribution in [1.29, 1.82) is 0 Å². The third-order valence-corrected chi connectivity index (χ3v) is 4.43. The summed E-state index contributed by atoms with van der Waals surface area (Å²) in [4.78, 5) is 25.7. The molecule has 2 amide bonds. The third-order valence-electron chi connectivity index (χ3n) is 3.27. The van der Waals surface area contributed by atoms with Gasteiger partial charge in [-0.2, -0.15) is 0 Å². The molecule has 0 unspecified atom stereocenters. The number of hydrogen-bond donors (Lipinski definition) is 0. The van der Waals surface area contributed by atoms with Crippen LogP contribution in [-0.2, 0) is 6.54 Å². The molecule has 1 aliphatic rings. The Morgan fingerprint density at radius 3 is 2.52 bits per heavy atom. The Bertz CT molecular complexity index is 778. The molecule has 0 saturated carbocycles. The number of benzene rings is 2. The Kier molecular flexibility index (Phi) is 3.83. The highest BCUT2D eigenvalue weighted by molar-refractivity contribution is 14.1. The number of rotatable bonds is 2. The molecule has 3 nitrogen and oxygen atoms in total. The highest BCUT2D eigenvalue weighted by Gasteiger charge is 2.35. The average molecular weight is 460 g/mol. The molecule has 106 valence electrons. The Morgan fingerprint density at radius 2 is 1.76 bits per heavy atom. The molecule has 0 atom stereocenters. The summed E-state index contributed by atoms with van der Waals surface area (Å²) in [6.07, 6.45) is 0. The van der Waals surface area contributed by atoms with Crippen molar-refractivity contribution in [2.24, 2.45) is 0 Å². The predicted molar refractivity (Wildman–Crippen MR) is 87.5 cm³/mol. The van der Waals surface area contributed by atoms with Gasteiger partial charge in [-0.05, 0) is 59.0 Å². The summed E-state index contributed by atoms with van der Waals surface area (Å²) >= 11 is 5.34. The first-order valence-electron chi connectivity index (χ1n) is 6.07. The highest BCUT2D eigenvalue weighted by atomic mass is 127. The van der Waals surface area contributed by atoms with Crippen LogP contribution in [0.5, 0.6) is 0 Å². The molecule has 2 aromatic rings. The first-order chi connectivity index (χ1) is 9.97. The molecular weight excluding hydrogens is 452 g/mol. The molecule has 3 rings (SSSR count). The minimum absolute atomic E-state index is 0.0752. The lowest BCUT2D eigenvalue weighted by atomic mass is 10.1. The van der Waals surface area contributed by atoms with E-state index in [1.54, 1.807) is 30.3 Å². The van der Waals surface area contributed by atoms with E-state index in [9.17, 15) is 14.0 Å². The van der Waals surface area contributed by atoms with E-state index < -0.39 is 5.82 Å². The van der Waals surface area contributed by atoms with Crippen LogP contribution < -0.4 is 0 Å². The zero-order chi connectivity index (χ0) is 15.1. The fourth-order valence-corrected chi connectivity index (χ4v) is 3.14. The summed E-state index contributed by atoms with van der Waals surface area (Å²) in [5.74, 6) is -1.21. The maximum atomic E-state index is 13.8. The summed E-state index contributed by atoms with van der Waals surface area (Å²) in [5, 5.41) is 0. The summed E-state index contributed by atoms with van der Waals surface area (Å²) in [6.45, 7) is -0.0752. The lowest BCUT2D eigenvalue weighted by Crippen LogP contribution is -2.29. The molecule has 0 aliphatic carbocycles. The van der Waals surface area contributed by atoms with Gasteiger partial charge in [0.25, 0.3) is 11.8 Å². The largest absolute Gasteiger partial charge is 0.270 e. The van der Waals surface area contributed by atoms with Crippen molar-refractivity contribution >= 4 is 50.3 Å². The van der Waals surface area contributed by atoms with Crippen LogP contribution in [0.4, 0.5) is 4.39 Å². The second-order valence-corrected chi connectivity index (χ2v) is 6.78. The highest BCUT2D eigenvalue weighted by Crippen LogP contribution is 2.27. The van der Waals surface area contributed by atoms with Gasteiger partial charge in [-0.15, -0.1) is 0 Å². The van der Waals surface area contributed by atoms with E-state index in [0.29, 0.717) is 21.2 Å². The van der Waals surface area contributed by atoms with Crippen LogP contribution in [0.2, 0.25) is 0 Å². The van der Waals surface area contributed by atoms with Gasteiger partial charge in [-0.1, -0.05) is 15.9 Å². The van der Waals surface area contributed by atoms with Gasteiger partial charge in [0.2, 0.25) is 0 Å². The molecule has 1 aliphatic heterocycles. The van der Waals surface area contributed by atoms with Crippen molar-refractivity contribution in [3.05, 3.63) is 66.9 Å². The molecule has 0 N–H and O–H groups in total. The second-order valence-electron chi connectivity index (χ2n) is 4.62. The number of fused-ring (bicyclic) bond motifs is 1. The fraction of sp³-hybridized carbons (Fsp3) is 0.0667. The number of amides is 2. The van der Waals surface area contributed by atoms with Crippen LogP contribution in [0, 0.1) is 9.39 Å². The van der Waals surface area contributed by atoms with Gasteiger partial charge in [-0.3, -0.25) is 14.5 Å². The summed E-state index contributed by atoms with van der Waals surface area (Å²) < 4.78 is 15.4. The Morgan fingerprint density at radius 1 is 1.05 bits per heavy atom. The normalized spacial score (nSPS) is 13.8. The number of carbonyl (C=O) groups is 2. The van der Waals surface area contributed by atoms with Gasteiger partial charge in [0.05, 0.1) is 17.7 Å². The van der Waals surface area contributed by atoms with Crippen molar-refractivity contribution in [3.63, 3.8) is 0 Å². The van der Waals surface area contributed by atoms with E-state index in [0.717, 1.165) is 8.47 Å². The van der Waals surface area contributed by atoms with E-state index in [-0.39, 0.29) is 18.4 Å². The molecule has 1 heterocycles. The summed E-state index contributed by atoms with van der Waals surface area (Å²) in [5.41, 5.74) is 1.05. The monoisotopic (exact) mass is 459 g/mol. The molecule has 0 radical (unpaired) electrons. The molecule has 6 heteroatoms. The molecule has 21 heavy (non-hydrogen) atoms. The van der Waals surface area contributed by atoms with Gasteiger partial charge in [-0.25, -0.2) is 4.39 Å². The number of nitrogens with zero attached hydrogens (tertiary/aromatic N) is 1. The zero-order valence-corrected chi connectivity index (χ0v) is 14.3. The Labute approximate surface area is 142 Å². The Balaban J connectivity index is 1.97. The minimum atomic E-state index is -0.440. The van der Waals surface area contributed by atoms with Crippen molar-refractivity contribution < 1.29 is 14.0 Å². The van der Waals surface area contributed by atoms with Gasteiger partial charge < -0.3 is 0 Å². The van der Waals surface area contributed by atoms with Crippen LogP contribution in [-0.4, -0.2) is 16.7 Å². The van der Waals surface area contributed by atoms with E-state index in [1.807, 2.05) is 0 Å². The smallest absolute Gasteiger partial charge is 0.261 e. The number of hydrogen-bond acceptors (Lipinski definition) is 2. The number of halogens is 3. The standard InChI is InChI=1S/C15H8BrFINO2/c16-9-1-4-13(17)8(5-9)7-19-14(20)11-3-2-10(18)6-12(11)15(19)21/h1-6H,7H2. The van der Waals surface area contributed by atoms with Gasteiger partial charge in [0.1, 0.15) is 5.82 Å². The third kappa shape index (κ3) is 2.62. The molecule has 0 fully saturated rings. The van der Waals surface area contributed by atoms with Gasteiger partial charge >= 0.3 is 0 Å². The van der Waals surface area contributed by atoms with Crippen LogP contribution >= 0.6 is 38.5 Å². The number of carbonyl (C=O) groups excluding carboxylic acids is 2. The van der Waals surface area contributed by atoms with Crippen LogP contribution in [0.25, 0.3) is 0 Å². The van der Waals surface area contributed by atoms with E-state index in [2.05, 4.69) is 38.5 Å². The molecule has 0 bridgehead atoms. The topological polar surface area (TPSA) is 37.4 Å². The minimum Gasteiger partial charge on any atom is -0.270 e. The molecule has 0 aromatic heterocycles. The van der Waals surface area contributed by atoms with E-state index in [1.165, 1.54) is 6.07 Å². The van der Waals surface area contributed by atoms with Crippen LogP contribution in [0.1, 0.15) is 26.3 Å². The van der Waals surface area contributed by atoms with Crippen molar-refractivity contribution in [1.82, 2.24) is 4.90 Å². The lowest BCUT2D eigenvalue weighted by molar-refractivity contribution is 0.0641.